The SMILES string of the molecule is CCOC(=O)C(C)SCCC(N)C(=O)OC. The Hall–Kier alpha value is -0.750. The number of carbonyl (C=O) groups excluding carboxylic acids is 2. The molecule has 0 spiro atoms. The Morgan fingerprint density at radius 1 is 1.38 bits per heavy atom. The van der Waals surface area contributed by atoms with Crippen molar-refractivity contribution in [1.29, 1.82) is 0 Å². The molecule has 0 aromatic carbocycles. The quantitative estimate of drug-likeness (QED) is 0.664. The molecule has 0 aliphatic heterocycles. The van der Waals surface area contributed by atoms with Gasteiger partial charge in [0.25, 0.3) is 0 Å². The fraction of sp³-hybridized carbons (Fsp3) is 0.800. The lowest BCUT2D eigenvalue weighted by molar-refractivity contribution is -0.142. The van der Waals surface area contributed by atoms with Crippen LogP contribution in [-0.2, 0) is 19.1 Å². The summed E-state index contributed by atoms with van der Waals surface area (Å²) in [6.45, 7) is 3.92. The minimum absolute atomic E-state index is 0.232. The van der Waals surface area contributed by atoms with Crippen LogP contribution < -0.4 is 5.73 Å². The molecule has 2 unspecified atom stereocenters. The van der Waals surface area contributed by atoms with Gasteiger partial charge in [-0.05, 0) is 26.0 Å². The monoisotopic (exact) mass is 249 g/mol. The summed E-state index contributed by atoms with van der Waals surface area (Å²) in [6, 6.07) is -0.619. The van der Waals surface area contributed by atoms with Gasteiger partial charge in [0.15, 0.2) is 0 Å². The first kappa shape index (κ1) is 15.2. The Bertz CT molecular complexity index is 235. The van der Waals surface area contributed by atoms with Crippen LogP contribution in [0.3, 0.4) is 0 Å². The minimum Gasteiger partial charge on any atom is -0.468 e. The van der Waals surface area contributed by atoms with Gasteiger partial charge >= 0.3 is 11.9 Å². The molecular formula is C10H19NO4S. The number of rotatable bonds is 7. The van der Waals surface area contributed by atoms with Gasteiger partial charge in [-0.1, -0.05) is 0 Å². The third-order valence-electron chi connectivity index (χ3n) is 1.92. The van der Waals surface area contributed by atoms with Crippen LogP contribution in [0.2, 0.25) is 0 Å². The highest BCUT2D eigenvalue weighted by atomic mass is 32.2. The van der Waals surface area contributed by atoms with Crippen LogP contribution in [0, 0.1) is 0 Å². The molecule has 6 heteroatoms. The first-order valence-electron chi connectivity index (χ1n) is 5.14. The Morgan fingerprint density at radius 3 is 2.50 bits per heavy atom. The molecule has 0 aromatic heterocycles. The Kier molecular flexibility index (Phi) is 8.01. The predicted molar refractivity (Wildman–Crippen MR) is 63.2 cm³/mol. The van der Waals surface area contributed by atoms with Crippen molar-refractivity contribution >= 4 is 23.7 Å². The Labute approximate surface area is 100 Å². The topological polar surface area (TPSA) is 78.6 Å². The molecule has 0 radical (unpaired) electrons. The van der Waals surface area contributed by atoms with Crippen LogP contribution in [0.15, 0.2) is 0 Å². The van der Waals surface area contributed by atoms with Gasteiger partial charge < -0.3 is 15.2 Å². The van der Waals surface area contributed by atoms with Gasteiger partial charge in [0.1, 0.15) is 6.04 Å². The third-order valence-corrected chi connectivity index (χ3v) is 3.08. The lowest BCUT2D eigenvalue weighted by Gasteiger charge is -2.12. The molecule has 0 aliphatic rings. The zero-order valence-corrected chi connectivity index (χ0v) is 10.7. The molecule has 0 rings (SSSR count). The average Bonchev–Trinajstić information content (AvgIpc) is 2.27. The van der Waals surface area contributed by atoms with Crippen LogP contribution in [0.4, 0.5) is 0 Å². The van der Waals surface area contributed by atoms with Crippen molar-refractivity contribution in [3.63, 3.8) is 0 Å². The van der Waals surface area contributed by atoms with E-state index >= 15 is 0 Å². The smallest absolute Gasteiger partial charge is 0.322 e. The number of carbonyl (C=O) groups is 2. The minimum atomic E-state index is -0.619. The van der Waals surface area contributed by atoms with Crippen LogP contribution >= 0.6 is 11.8 Å². The summed E-state index contributed by atoms with van der Waals surface area (Å²) in [6.07, 6.45) is 0.487. The van der Waals surface area contributed by atoms with Crippen molar-refractivity contribution < 1.29 is 19.1 Å². The molecule has 0 amide bonds. The maximum atomic E-state index is 11.2. The molecule has 0 saturated heterocycles. The zero-order chi connectivity index (χ0) is 12.6. The normalized spacial score (nSPS) is 14.0. The van der Waals surface area contributed by atoms with Crippen molar-refractivity contribution in [3.05, 3.63) is 0 Å². The van der Waals surface area contributed by atoms with Crippen LogP contribution in [-0.4, -0.2) is 42.7 Å². The summed E-state index contributed by atoms with van der Waals surface area (Å²) in [7, 11) is 1.30. The number of methoxy groups -OCH3 is 1. The summed E-state index contributed by atoms with van der Waals surface area (Å²) in [5.41, 5.74) is 5.54. The number of hydrogen-bond acceptors (Lipinski definition) is 6. The van der Waals surface area contributed by atoms with Gasteiger partial charge in [0.2, 0.25) is 0 Å². The summed E-state index contributed by atoms with van der Waals surface area (Å²) in [5.74, 6) is -0.0421. The second-order valence-electron chi connectivity index (χ2n) is 3.18. The molecule has 2 atom stereocenters. The lowest BCUT2D eigenvalue weighted by atomic mass is 10.2. The van der Waals surface area contributed by atoms with E-state index in [9.17, 15) is 9.59 Å². The Morgan fingerprint density at radius 2 is 2.00 bits per heavy atom. The Balaban J connectivity index is 3.73. The summed E-state index contributed by atoms with van der Waals surface area (Å²) in [4.78, 5) is 22.2. The van der Waals surface area contributed by atoms with Gasteiger partial charge in [0, 0.05) is 0 Å². The van der Waals surface area contributed by atoms with E-state index in [0.29, 0.717) is 18.8 Å². The van der Waals surface area contributed by atoms with Gasteiger partial charge in [0.05, 0.1) is 19.0 Å². The molecule has 16 heavy (non-hydrogen) atoms. The largest absolute Gasteiger partial charge is 0.468 e. The number of nitrogens with two attached hydrogens (primary N) is 1. The molecule has 0 aliphatic carbocycles. The third kappa shape index (κ3) is 5.97. The molecule has 0 fully saturated rings. The highest BCUT2D eigenvalue weighted by Crippen LogP contribution is 2.14. The fourth-order valence-corrected chi connectivity index (χ4v) is 1.92. The summed E-state index contributed by atoms with van der Waals surface area (Å²) in [5, 5.41) is -0.232. The van der Waals surface area contributed by atoms with Crippen molar-refractivity contribution in [2.75, 3.05) is 19.5 Å². The van der Waals surface area contributed by atoms with Gasteiger partial charge in [-0.15, -0.1) is 11.8 Å². The molecule has 94 valence electrons. The molecule has 5 nitrogen and oxygen atoms in total. The molecule has 2 N–H and O–H groups in total. The fourth-order valence-electron chi connectivity index (χ4n) is 0.969. The summed E-state index contributed by atoms with van der Waals surface area (Å²) >= 11 is 1.42. The maximum absolute atomic E-state index is 11.2. The van der Waals surface area contributed by atoms with Crippen LogP contribution in [0.25, 0.3) is 0 Å². The summed E-state index contributed by atoms with van der Waals surface area (Å²) < 4.78 is 9.34. The van der Waals surface area contributed by atoms with E-state index in [2.05, 4.69) is 4.74 Å². The van der Waals surface area contributed by atoms with E-state index in [1.807, 2.05) is 0 Å². The molecule has 0 saturated carbocycles. The standard InChI is InChI=1S/C10H19NO4S/c1-4-15-9(12)7(2)16-6-5-8(11)10(13)14-3/h7-8H,4-6,11H2,1-3H3. The van der Waals surface area contributed by atoms with Gasteiger partial charge in [-0.2, -0.15) is 0 Å². The first-order valence-corrected chi connectivity index (χ1v) is 6.19. The number of ether oxygens (including phenoxy) is 2. The predicted octanol–water partition coefficient (Wildman–Crippen LogP) is 0.562. The molecular weight excluding hydrogens is 230 g/mol. The highest BCUT2D eigenvalue weighted by Gasteiger charge is 2.17. The van der Waals surface area contributed by atoms with Crippen LogP contribution in [0.1, 0.15) is 20.3 Å². The molecule has 0 heterocycles. The van der Waals surface area contributed by atoms with E-state index < -0.39 is 12.0 Å². The molecule has 0 bridgehead atoms. The van der Waals surface area contributed by atoms with Gasteiger partial charge in [-0.3, -0.25) is 9.59 Å². The number of esters is 2. The van der Waals surface area contributed by atoms with E-state index in [0.717, 1.165) is 0 Å². The average molecular weight is 249 g/mol. The zero-order valence-electron chi connectivity index (χ0n) is 9.89. The van der Waals surface area contributed by atoms with E-state index in [-0.39, 0.29) is 11.2 Å². The van der Waals surface area contributed by atoms with Crippen molar-refractivity contribution in [2.45, 2.75) is 31.6 Å². The first-order chi connectivity index (χ1) is 7.52. The second-order valence-corrected chi connectivity index (χ2v) is 4.63. The van der Waals surface area contributed by atoms with Crippen molar-refractivity contribution in [2.24, 2.45) is 5.73 Å². The molecule has 0 aromatic rings. The maximum Gasteiger partial charge on any atom is 0.322 e. The van der Waals surface area contributed by atoms with Crippen molar-refractivity contribution in [3.8, 4) is 0 Å². The second kappa shape index (κ2) is 8.41. The highest BCUT2D eigenvalue weighted by molar-refractivity contribution is 8.00. The number of hydrogen-bond donors (Lipinski definition) is 1. The lowest BCUT2D eigenvalue weighted by Crippen LogP contribution is -2.32. The van der Waals surface area contributed by atoms with Crippen LogP contribution in [0.5, 0.6) is 0 Å². The van der Waals surface area contributed by atoms with Crippen molar-refractivity contribution in [1.82, 2.24) is 0 Å². The number of thioether (sulfide) groups is 1. The van der Waals surface area contributed by atoms with Gasteiger partial charge in [-0.25, -0.2) is 0 Å². The van der Waals surface area contributed by atoms with E-state index in [1.54, 1.807) is 13.8 Å². The van der Waals surface area contributed by atoms with E-state index in [4.69, 9.17) is 10.5 Å². The van der Waals surface area contributed by atoms with E-state index in [1.165, 1.54) is 18.9 Å².